The van der Waals surface area contributed by atoms with Crippen LogP contribution in [0.4, 0.5) is 26.1 Å². The first kappa shape index (κ1) is 23.3. The molecular weight excluding hydrogens is 480 g/mol. The molecule has 0 spiro atoms. The molecule has 0 aliphatic carbocycles. The molecule has 4 N–H and O–H groups in total. The van der Waals surface area contributed by atoms with Crippen LogP contribution in [0.15, 0.2) is 47.4 Å². The van der Waals surface area contributed by atoms with E-state index in [-0.39, 0.29) is 30.5 Å². The third kappa shape index (κ3) is 3.81. The first-order valence-electron chi connectivity index (χ1n) is 10.6. The number of aliphatic hydroxyl groups is 1. The minimum Gasteiger partial charge on any atom is -0.380 e. The van der Waals surface area contributed by atoms with E-state index in [4.69, 9.17) is 15.0 Å². The molecule has 1 fully saturated rings. The molecule has 0 radical (unpaired) electrons. The van der Waals surface area contributed by atoms with Crippen LogP contribution >= 0.6 is 0 Å². The number of carbonyl (C=O) groups is 2. The van der Waals surface area contributed by atoms with Gasteiger partial charge in [-0.15, -0.1) is 5.10 Å². The Morgan fingerprint density at radius 2 is 2.03 bits per heavy atom. The summed E-state index contributed by atoms with van der Waals surface area (Å²) in [7, 11) is 0. The summed E-state index contributed by atoms with van der Waals surface area (Å²) < 4.78 is 39.7. The quantitative estimate of drug-likeness (QED) is 0.368. The molecule has 36 heavy (non-hydrogen) atoms. The minimum atomic E-state index is -1.97. The largest absolute Gasteiger partial charge is 0.380 e. The summed E-state index contributed by atoms with van der Waals surface area (Å²) in [6.07, 6.45) is 1.02. The molecule has 5 rings (SSSR count). The average Bonchev–Trinajstić information content (AvgIpc) is 3.47. The lowest BCUT2D eigenvalue weighted by Crippen LogP contribution is -2.63. The summed E-state index contributed by atoms with van der Waals surface area (Å²) in [6, 6.07) is 5.95. The average molecular weight is 499 g/mol. The van der Waals surface area contributed by atoms with Gasteiger partial charge in [0.15, 0.2) is 40.6 Å². The van der Waals surface area contributed by atoms with E-state index in [0.717, 1.165) is 22.0 Å². The van der Waals surface area contributed by atoms with Crippen molar-refractivity contribution in [2.24, 2.45) is 0 Å². The molecule has 4 heterocycles. The van der Waals surface area contributed by atoms with Crippen molar-refractivity contribution >= 4 is 40.1 Å². The second-order valence-corrected chi connectivity index (χ2v) is 8.15. The third-order valence-electron chi connectivity index (χ3n) is 5.83. The SMILES string of the molecule is C[C@]1(C(O)C(=O)Nc2ccc3c(N)noc3c2)OCCN(c2ccn(-c3c(F)cncc3F)n2)C1=O. The fourth-order valence-electron chi connectivity index (χ4n) is 3.90. The number of hydrogen-bond acceptors (Lipinski definition) is 9. The van der Waals surface area contributed by atoms with Crippen LogP contribution in [0.1, 0.15) is 6.92 Å². The fraction of sp³-hybridized carbons (Fsp3) is 0.227. The molecule has 1 aromatic carbocycles. The van der Waals surface area contributed by atoms with E-state index in [1.165, 1.54) is 31.3 Å². The second-order valence-electron chi connectivity index (χ2n) is 8.15. The minimum absolute atomic E-state index is 0.0324. The number of nitrogens with one attached hydrogen (secondary N) is 1. The summed E-state index contributed by atoms with van der Waals surface area (Å²) in [5, 5.41) is 21.6. The summed E-state index contributed by atoms with van der Waals surface area (Å²) in [6.45, 7) is 1.26. The van der Waals surface area contributed by atoms with Crippen LogP contribution in [-0.2, 0) is 14.3 Å². The molecule has 14 heteroatoms. The number of benzene rings is 1. The lowest BCUT2D eigenvalue weighted by atomic mass is 9.94. The first-order valence-corrected chi connectivity index (χ1v) is 10.6. The number of nitrogen functional groups attached to an aromatic ring is 1. The molecule has 2 amide bonds. The van der Waals surface area contributed by atoms with Crippen molar-refractivity contribution in [2.45, 2.75) is 18.6 Å². The number of rotatable bonds is 5. The van der Waals surface area contributed by atoms with E-state index in [2.05, 4.69) is 20.6 Å². The molecule has 1 aliphatic heterocycles. The number of aliphatic hydroxyl groups excluding tert-OH is 1. The third-order valence-corrected chi connectivity index (χ3v) is 5.83. The van der Waals surface area contributed by atoms with E-state index in [0.29, 0.717) is 11.0 Å². The maximum Gasteiger partial charge on any atom is 0.263 e. The van der Waals surface area contributed by atoms with Gasteiger partial charge >= 0.3 is 0 Å². The van der Waals surface area contributed by atoms with Gasteiger partial charge in [-0.2, -0.15) is 0 Å². The van der Waals surface area contributed by atoms with Gasteiger partial charge in [0.2, 0.25) is 0 Å². The first-order chi connectivity index (χ1) is 17.2. The molecule has 1 unspecified atom stereocenters. The van der Waals surface area contributed by atoms with Gasteiger partial charge in [0.05, 0.1) is 30.9 Å². The smallest absolute Gasteiger partial charge is 0.263 e. The zero-order valence-electron chi connectivity index (χ0n) is 18.7. The number of halogens is 2. The molecule has 0 saturated carbocycles. The number of carbonyl (C=O) groups excluding carboxylic acids is 2. The second kappa shape index (κ2) is 8.66. The van der Waals surface area contributed by atoms with Crippen molar-refractivity contribution in [3.63, 3.8) is 0 Å². The van der Waals surface area contributed by atoms with Crippen LogP contribution < -0.4 is 16.0 Å². The number of amides is 2. The number of nitrogens with zero attached hydrogens (tertiary/aromatic N) is 5. The zero-order valence-corrected chi connectivity index (χ0v) is 18.7. The van der Waals surface area contributed by atoms with Gasteiger partial charge in [0, 0.05) is 24.0 Å². The number of aromatic nitrogens is 4. The number of hydrogen-bond donors (Lipinski definition) is 3. The van der Waals surface area contributed by atoms with Gasteiger partial charge in [0.25, 0.3) is 11.8 Å². The highest BCUT2D eigenvalue weighted by Crippen LogP contribution is 2.29. The van der Waals surface area contributed by atoms with Crippen molar-refractivity contribution in [2.75, 3.05) is 29.1 Å². The maximum atomic E-state index is 14.1. The highest BCUT2D eigenvalue weighted by Gasteiger charge is 2.51. The zero-order chi connectivity index (χ0) is 25.6. The van der Waals surface area contributed by atoms with Crippen LogP contribution in [-0.4, -0.2) is 61.7 Å². The predicted molar refractivity (Wildman–Crippen MR) is 121 cm³/mol. The number of pyridine rings is 1. The van der Waals surface area contributed by atoms with Crippen molar-refractivity contribution in [1.29, 1.82) is 0 Å². The molecule has 1 aliphatic rings. The monoisotopic (exact) mass is 499 g/mol. The van der Waals surface area contributed by atoms with Crippen LogP contribution in [0.25, 0.3) is 16.7 Å². The molecule has 2 atom stereocenters. The Labute approximate surface area is 201 Å². The number of morpholine rings is 1. The van der Waals surface area contributed by atoms with Gasteiger partial charge in [-0.3, -0.25) is 19.5 Å². The molecule has 4 aromatic rings. The van der Waals surface area contributed by atoms with Crippen molar-refractivity contribution < 1.29 is 32.7 Å². The molecular formula is C22H19F2N7O5. The van der Waals surface area contributed by atoms with Crippen molar-refractivity contribution in [3.8, 4) is 5.69 Å². The topological polar surface area (TPSA) is 162 Å². The van der Waals surface area contributed by atoms with E-state index in [1.54, 1.807) is 6.07 Å². The Morgan fingerprint density at radius 1 is 1.28 bits per heavy atom. The fourth-order valence-corrected chi connectivity index (χ4v) is 3.90. The Bertz CT molecular complexity index is 1470. The van der Waals surface area contributed by atoms with Crippen LogP contribution in [0.3, 0.4) is 0 Å². The van der Waals surface area contributed by atoms with Crippen LogP contribution in [0, 0.1) is 11.6 Å². The molecule has 12 nitrogen and oxygen atoms in total. The summed E-state index contributed by atoms with van der Waals surface area (Å²) >= 11 is 0. The normalized spacial score (nSPS) is 19.0. The van der Waals surface area contributed by atoms with E-state index in [9.17, 15) is 23.5 Å². The Balaban J connectivity index is 1.36. The molecule has 186 valence electrons. The Kier molecular flexibility index (Phi) is 5.61. The van der Waals surface area contributed by atoms with E-state index in [1.807, 2.05) is 0 Å². The maximum absolute atomic E-state index is 14.1. The predicted octanol–water partition coefficient (Wildman–Crippen LogP) is 1.39. The molecule has 0 bridgehead atoms. The molecule has 3 aromatic heterocycles. The standard InChI is InChI=1S/C22H19F2N7O5/c1-22(18(32)20(33)27-11-2-3-12-15(8-11)36-29-19(12)25)21(34)30(6-7-35-22)16-4-5-31(28-16)17-13(23)9-26-10-14(17)24/h2-5,8-10,18,32H,6-7H2,1H3,(H2,25,29)(H,27,33)/t18?,22-/m1/s1. The van der Waals surface area contributed by atoms with E-state index >= 15 is 0 Å². The van der Waals surface area contributed by atoms with Gasteiger partial charge in [-0.25, -0.2) is 13.5 Å². The van der Waals surface area contributed by atoms with Gasteiger partial charge in [-0.1, -0.05) is 5.16 Å². The lowest BCUT2D eigenvalue weighted by molar-refractivity contribution is -0.170. The summed E-state index contributed by atoms with van der Waals surface area (Å²) in [5.74, 6) is -3.33. The lowest BCUT2D eigenvalue weighted by Gasteiger charge is -2.40. The highest BCUT2D eigenvalue weighted by atomic mass is 19.1. The van der Waals surface area contributed by atoms with Gasteiger partial charge in [0.1, 0.15) is 5.69 Å². The summed E-state index contributed by atoms with van der Waals surface area (Å²) in [4.78, 5) is 30.7. The number of anilines is 3. The summed E-state index contributed by atoms with van der Waals surface area (Å²) in [5.41, 5.74) is 3.83. The van der Waals surface area contributed by atoms with Crippen molar-refractivity contribution in [3.05, 3.63) is 54.5 Å². The van der Waals surface area contributed by atoms with Crippen LogP contribution in [0.5, 0.6) is 0 Å². The number of fused-ring (bicyclic) bond motifs is 1. The number of nitrogens with two attached hydrogens (primary N) is 1. The molecule has 1 saturated heterocycles. The van der Waals surface area contributed by atoms with Crippen LogP contribution in [0.2, 0.25) is 0 Å². The van der Waals surface area contributed by atoms with Crippen molar-refractivity contribution in [1.82, 2.24) is 19.9 Å². The Hall–Kier alpha value is -4.43. The van der Waals surface area contributed by atoms with E-state index < -0.39 is 40.8 Å². The highest BCUT2D eigenvalue weighted by molar-refractivity contribution is 6.06. The van der Waals surface area contributed by atoms with Gasteiger partial charge < -0.3 is 25.4 Å². The van der Waals surface area contributed by atoms with Gasteiger partial charge in [-0.05, 0) is 19.1 Å². The Morgan fingerprint density at radius 3 is 2.78 bits per heavy atom. The number of ether oxygens (including phenoxy) is 1.